The number of hydrogen-bond acceptors (Lipinski definition) is 3. The van der Waals surface area contributed by atoms with E-state index in [9.17, 15) is 8.42 Å². The van der Waals surface area contributed by atoms with E-state index in [1.807, 2.05) is 0 Å². The number of imidazole rings is 1. The molecule has 0 aliphatic carbocycles. The van der Waals surface area contributed by atoms with Gasteiger partial charge in [0.1, 0.15) is 5.82 Å². The monoisotopic (exact) mass is 213 g/mol. The van der Waals surface area contributed by atoms with Gasteiger partial charge in [-0.25, -0.2) is 18.1 Å². The summed E-state index contributed by atoms with van der Waals surface area (Å²) in [6, 6.07) is 0. The molecule has 0 bridgehead atoms. The highest BCUT2D eigenvalue weighted by atomic mass is 32.2. The minimum Gasteiger partial charge on any atom is -0.332 e. The van der Waals surface area contributed by atoms with E-state index in [1.165, 1.54) is 6.20 Å². The number of H-pyrrole nitrogens is 1. The van der Waals surface area contributed by atoms with E-state index < -0.39 is 10.0 Å². The van der Waals surface area contributed by atoms with Gasteiger partial charge < -0.3 is 4.98 Å². The van der Waals surface area contributed by atoms with E-state index in [1.54, 1.807) is 6.92 Å². The van der Waals surface area contributed by atoms with Crippen LogP contribution >= 0.6 is 0 Å². The molecule has 14 heavy (non-hydrogen) atoms. The Balaban J connectivity index is 2.72. The summed E-state index contributed by atoms with van der Waals surface area (Å²) >= 11 is 0. The van der Waals surface area contributed by atoms with E-state index in [2.05, 4.69) is 20.6 Å². The first-order valence-electron chi connectivity index (χ1n) is 4.01. The zero-order chi connectivity index (χ0) is 10.6. The molecular weight excluding hydrogens is 202 g/mol. The van der Waals surface area contributed by atoms with Gasteiger partial charge in [0.05, 0.1) is 6.20 Å². The van der Waals surface area contributed by atoms with Crippen LogP contribution in [0, 0.1) is 19.3 Å². The summed E-state index contributed by atoms with van der Waals surface area (Å²) in [5.41, 5.74) is 0. The van der Waals surface area contributed by atoms with Gasteiger partial charge in [-0.2, -0.15) is 0 Å². The Labute approximate surface area is 83.0 Å². The Bertz CT molecular complexity index is 441. The number of rotatable bonds is 4. The fourth-order valence-electron chi connectivity index (χ4n) is 0.870. The molecule has 0 aliphatic heterocycles. The molecule has 0 unspecified atom stereocenters. The molecule has 0 spiro atoms. The van der Waals surface area contributed by atoms with Gasteiger partial charge in [-0.1, -0.05) is 0 Å². The van der Waals surface area contributed by atoms with Crippen molar-refractivity contribution in [3.05, 3.63) is 12.0 Å². The maximum absolute atomic E-state index is 11.5. The molecular formula is C8H11N3O2S. The molecule has 1 aromatic heterocycles. The molecule has 6 heteroatoms. The Hall–Kier alpha value is -1.32. The molecule has 0 fully saturated rings. The number of aromatic amines is 1. The number of terminal acetylenes is 1. The van der Waals surface area contributed by atoms with Gasteiger partial charge in [-0.3, -0.25) is 0 Å². The van der Waals surface area contributed by atoms with Crippen LogP contribution in [0.3, 0.4) is 0 Å². The van der Waals surface area contributed by atoms with Crippen LogP contribution in [0.2, 0.25) is 0 Å². The Morgan fingerprint density at radius 3 is 2.93 bits per heavy atom. The highest BCUT2D eigenvalue weighted by Gasteiger charge is 2.14. The lowest BCUT2D eigenvalue weighted by Gasteiger charge is -2.01. The third-order valence-electron chi connectivity index (χ3n) is 1.53. The second kappa shape index (κ2) is 4.26. The average Bonchev–Trinajstić information content (AvgIpc) is 2.53. The molecule has 0 radical (unpaired) electrons. The van der Waals surface area contributed by atoms with Crippen LogP contribution in [0.1, 0.15) is 12.2 Å². The molecule has 5 nitrogen and oxygen atoms in total. The Morgan fingerprint density at radius 2 is 2.43 bits per heavy atom. The van der Waals surface area contributed by atoms with Crippen molar-refractivity contribution < 1.29 is 8.42 Å². The first kappa shape index (κ1) is 10.8. The summed E-state index contributed by atoms with van der Waals surface area (Å²) in [4.78, 5) is 6.43. The standard InChI is InChI=1S/C8H11N3O2S/c1-3-4-5-10-14(12,13)8-6-9-7(2)11-8/h1,6,10H,4-5H2,2H3,(H,9,11). The fraction of sp³-hybridized carbons (Fsp3) is 0.375. The van der Waals surface area contributed by atoms with Crippen molar-refractivity contribution in [3.8, 4) is 12.3 Å². The van der Waals surface area contributed by atoms with Crippen molar-refractivity contribution in [2.24, 2.45) is 0 Å². The van der Waals surface area contributed by atoms with E-state index in [4.69, 9.17) is 6.42 Å². The summed E-state index contributed by atoms with van der Waals surface area (Å²) in [6.07, 6.45) is 6.63. The van der Waals surface area contributed by atoms with Gasteiger partial charge in [0, 0.05) is 13.0 Å². The van der Waals surface area contributed by atoms with E-state index in [0.717, 1.165) is 0 Å². The zero-order valence-corrected chi connectivity index (χ0v) is 8.56. The smallest absolute Gasteiger partial charge is 0.257 e. The average molecular weight is 213 g/mol. The quantitative estimate of drug-likeness (QED) is 0.547. The van der Waals surface area contributed by atoms with Gasteiger partial charge >= 0.3 is 0 Å². The normalized spacial score (nSPS) is 11.1. The second-order valence-electron chi connectivity index (χ2n) is 2.68. The largest absolute Gasteiger partial charge is 0.332 e. The molecule has 1 aromatic rings. The van der Waals surface area contributed by atoms with Gasteiger partial charge in [0.2, 0.25) is 0 Å². The molecule has 0 aromatic carbocycles. The predicted octanol–water partition coefficient (Wildman–Crippen LogP) is 0.0197. The van der Waals surface area contributed by atoms with Crippen LogP contribution in [0.4, 0.5) is 0 Å². The van der Waals surface area contributed by atoms with Crippen LogP contribution in [0.15, 0.2) is 11.2 Å². The van der Waals surface area contributed by atoms with Crippen LogP contribution in [0.25, 0.3) is 0 Å². The molecule has 0 saturated carbocycles. The van der Waals surface area contributed by atoms with Crippen LogP contribution in [0.5, 0.6) is 0 Å². The van der Waals surface area contributed by atoms with Gasteiger partial charge in [-0.15, -0.1) is 12.3 Å². The lowest BCUT2D eigenvalue weighted by atomic mass is 10.5. The van der Waals surface area contributed by atoms with Crippen LogP contribution in [-0.4, -0.2) is 24.9 Å². The maximum Gasteiger partial charge on any atom is 0.257 e. The first-order valence-corrected chi connectivity index (χ1v) is 5.49. The molecule has 2 N–H and O–H groups in total. The van der Waals surface area contributed by atoms with Crippen LogP contribution in [-0.2, 0) is 10.0 Å². The Morgan fingerprint density at radius 1 is 1.71 bits per heavy atom. The van der Waals surface area contributed by atoms with E-state index >= 15 is 0 Å². The molecule has 0 aliphatic rings. The molecule has 0 saturated heterocycles. The number of sulfonamides is 1. The third-order valence-corrected chi connectivity index (χ3v) is 2.90. The number of hydrogen-bond donors (Lipinski definition) is 2. The number of aryl methyl sites for hydroxylation is 1. The van der Waals surface area contributed by atoms with Crippen molar-refractivity contribution in [3.63, 3.8) is 0 Å². The number of aromatic nitrogens is 2. The van der Waals surface area contributed by atoms with Crippen molar-refractivity contribution >= 4 is 10.0 Å². The van der Waals surface area contributed by atoms with Crippen molar-refractivity contribution in [1.82, 2.24) is 14.7 Å². The molecule has 76 valence electrons. The lowest BCUT2D eigenvalue weighted by molar-refractivity contribution is 0.579. The second-order valence-corrected chi connectivity index (χ2v) is 4.42. The Kier molecular flexibility index (Phi) is 3.28. The summed E-state index contributed by atoms with van der Waals surface area (Å²) in [5.74, 6) is 2.90. The van der Waals surface area contributed by atoms with Gasteiger partial charge in [0.15, 0.2) is 5.03 Å². The summed E-state index contributed by atoms with van der Waals surface area (Å²) < 4.78 is 25.3. The van der Waals surface area contributed by atoms with Crippen molar-refractivity contribution in [1.29, 1.82) is 0 Å². The van der Waals surface area contributed by atoms with Crippen LogP contribution < -0.4 is 4.72 Å². The SMILES string of the molecule is C#CCCNS(=O)(=O)c1cnc(C)[nH]1. The molecule has 0 amide bonds. The number of nitrogens with zero attached hydrogens (tertiary/aromatic N) is 1. The highest BCUT2D eigenvalue weighted by molar-refractivity contribution is 7.89. The summed E-state index contributed by atoms with van der Waals surface area (Å²) in [5, 5.41) is 0.0621. The minimum absolute atomic E-state index is 0.0621. The lowest BCUT2D eigenvalue weighted by Crippen LogP contribution is -2.24. The molecule has 0 atom stereocenters. The van der Waals surface area contributed by atoms with E-state index in [-0.39, 0.29) is 11.6 Å². The predicted molar refractivity (Wildman–Crippen MR) is 52.0 cm³/mol. The zero-order valence-electron chi connectivity index (χ0n) is 7.74. The fourth-order valence-corrected chi connectivity index (χ4v) is 1.87. The number of nitrogens with one attached hydrogen (secondary N) is 2. The van der Waals surface area contributed by atoms with Crippen molar-refractivity contribution in [2.75, 3.05) is 6.54 Å². The first-order chi connectivity index (χ1) is 6.56. The van der Waals surface area contributed by atoms with E-state index in [0.29, 0.717) is 12.2 Å². The highest BCUT2D eigenvalue weighted by Crippen LogP contribution is 2.03. The summed E-state index contributed by atoms with van der Waals surface area (Å²) in [6.45, 7) is 1.91. The molecule has 1 heterocycles. The summed E-state index contributed by atoms with van der Waals surface area (Å²) in [7, 11) is -3.48. The maximum atomic E-state index is 11.5. The topological polar surface area (TPSA) is 74.8 Å². The van der Waals surface area contributed by atoms with Gasteiger partial charge in [-0.05, 0) is 6.92 Å². The van der Waals surface area contributed by atoms with Crippen molar-refractivity contribution in [2.45, 2.75) is 18.4 Å². The molecule has 1 rings (SSSR count). The minimum atomic E-state index is -3.48. The van der Waals surface area contributed by atoms with Gasteiger partial charge in [0.25, 0.3) is 10.0 Å². The third kappa shape index (κ3) is 2.58.